The van der Waals surface area contributed by atoms with E-state index in [9.17, 15) is 14.4 Å². The molecule has 0 aromatic rings. The molecule has 0 spiro atoms. The molecule has 1 atom stereocenters. The number of nitrogens with one attached hydrogen (secondary N) is 3. The van der Waals surface area contributed by atoms with Crippen molar-refractivity contribution in [2.75, 3.05) is 13.1 Å². The molecule has 0 aliphatic rings. The van der Waals surface area contributed by atoms with Crippen LogP contribution in [0.25, 0.3) is 0 Å². The van der Waals surface area contributed by atoms with E-state index in [1.54, 1.807) is 0 Å². The number of carbonyl (C=O) groups excluding carboxylic acids is 3. The van der Waals surface area contributed by atoms with Gasteiger partial charge in [0, 0.05) is 25.9 Å². The molecule has 0 saturated carbocycles. The summed E-state index contributed by atoms with van der Waals surface area (Å²) in [6, 6.07) is -0.649. The van der Waals surface area contributed by atoms with E-state index in [1.807, 2.05) is 13.0 Å². The van der Waals surface area contributed by atoms with Crippen molar-refractivity contribution in [1.29, 1.82) is 0 Å². The first-order valence-electron chi connectivity index (χ1n) is 11.0. The van der Waals surface area contributed by atoms with E-state index in [0.717, 1.165) is 51.4 Å². The van der Waals surface area contributed by atoms with Gasteiger partial charge < -0.3 is 16.0 Å². The van der Waals surface area contributed by atoms with Gasteiger partial charge in [-0.05, 0) is 45.4 Å². The topological polar surface area (TPSA) is 87.3 Å². The Morgan fingerprint density at radius 3 is 2.14 bits per heavy atom. The van der Waals surface area contributed by atoms with Crippen molar-refractivity contribution >= 4 is 17.7 Å². The monoisotopic (exact) mass is 395 g/mol. The second kappa shape index (κ2) is 18.5. The van der Waals surface area contributed by atoms with Crippen LogP contribution < -0.4 is 16.0 Å². The molecule has 0 unspecified atom stereocenters. The highest BCUT2D eigenvalue weighted by Gasteiger charge is 2.21. The smallest absolute Gasteiger partial charge is 0.242 e. The van der Waals surface area contributed by atoms with Crippen molar-refractivity contribution in [2.24, 2.45) is 0 Å². The van der Waals surface area contributed by atoms with Crippen molar-refractivity contribution in [2.45, 2.75) is 97.4 Å². The van der Waals surface area contributed by atoms with Crippen LogP contribution >= 0.6 is 0 Å². The van der Waals surface area contributed by atoms with E-state index < -0.39 is 6.04 Å². The van der Waals surface area contributed by atoms with E-state index in [4.69, 9.17) is 0 Å². The highest BCUT2D eigenvalue weighted by Crippen LogP contribution is 2.05. The number of hydrogen-bond donors (Lipinski definition) is 3. The molecule has 0 aliphatic heterocycles. The highest BCUT2D eigenvalue weighted by atomic mass is 16.2. The number of hydrogen-bond acceptors (Lipinski definition) is 3. The van der Waals surface area contributed by atoms with Crippen molar-refractivity contribution in [3.8, 4) is 0 Å². The van der Waals surface area contributed by atoms with Gasteiger partial charge in [-0.3, -0.25) is 14.4 Å². The fourth-order valence-corrected chi connectivity index (χ4v) is 2.71. The van der Waals surface area contributed by atoms with Gasteiger partial charge in [-0.25, -0.2) is 0 Å². The lowest BCUT2D eigenvalue weighted by molar-refractivity contribution is -0.129. The lowest BCUT2D eigenvalue weighted by atomic mass is 10.1. The number of carbonyl (C=O) groups is 3. The number of rotatable bonds is 17. The van der Waals surface area contributed by atoms with Crippen LogP contribution in [0.1, 0.15) is 91.4 Å². The van der Waals surface area contributed by atoms with Crippen LogP contribution in [0, 0.1) is 0 Å². The highest BCUT2D eigenvalue weighted by molar-refractivity contribution is 5.88. The van der Waals surface area contributed by atoms with E-state index >= 15 is 0 Å². The standard InChI is InChI=1S/C22H41N3O3/c1-4-7-10-11-12-13-14-21(27)25-19(22(28)24-18-9-6-3)15-16-20(26)23-17-8-5-2/h4,7,19H,5-6,8-18H2,1-3H3,(H,23,26)(H,24,28)(H,25,27)/b7-4+/t19-/m0/s1. The lowest BCUT2D eigenvalue weighted by Gasteiger charge is -2.18. The largest absolute Gasteiger partial charge is 0.356 e. The van der Waals surface area contributed by atoms with Gasteiger partial charge in [-0.2, -0.15) is 0 Å². The van der Waals surface area contributed by atoms with Gasteiger partial charge in [-0.1, -0.05) is 45.3 Å². The Hall–Kier alpha value is -1.85. The van der Waals surface area contributed by atoms with Gasteiger partial charge in [-0.15, -0.1) is 0 Å². The molecule has 0 aliphatic carbocycles. The Bertz CT molecular complexity index is 464. The zero-order chi connectivity index (χ0) is 21.0. The zero-order valence-corrected chi connectivity index (χ0v) is 18.1. The number of amides is 3. The van der Waals surface area contributed by atoms with Crippen LogP contribution in [0.15, 0.2) is 12.2 Å². The molecule has 0 fully saturated rings. The molecule has 0 aromatic carbocycles. The van der Waals surface area contributed by atoms with E-state index in [2.05, 4.69) is 35.9 Å². The SMILES string of the molecule is C/C=C/CCCCCC(=O)N[C@@H](CCC(=O)NCCCC)C(=O)NCCCC. The maximum atomic E-state index is 12.4. The average Bonchev–Trinajstić information content (AvgIpc) is 2.68. The predicted molar refractivity (Wildman–Crippen MR) is 115 cm³/mol. The van der Waals surface area contributed by atoms with Gasteiger partial charge in [0.2, 0.25) is 17.7 Å². The normalized spacial score (nSPS) is 12.0. The van der Waals surface area contributed by atoms with Gasteiger partial charge in [0.05, 0.1) is 0 Å². The van der Waals surface area contributed by atoms with Crippen LogP contribution in [0.3, 0.4) is 0 Å². The molecular formula is C22H41N3O3. The summed E-state index contributed by atoms with van der Waals surface area (Å²) in [5, 5.41) is 8.54. The molecule has 6 nitrogen and oxygen atoms in total. The molecular weight excluding hydrogens is 354 g/mol. The minimum absolute atomic E-state index is 0.0713. The third-order valence-corrected chi connectivity index (χ3v) is 4.50. The predicted octanol–water partition coefficient (Wildman–Crippen LogP) is 3.61. The third-order valence-electron chi connectivity index (χ3n) is 4.50. The first-order chi connectivity index (χ1) is 13.5. The van der Waals surface area contributed by atoms with Crippen molar-refractivity contribution in [3.63, 3.8) is 0 Å². The Morgan fingerprint density at radius 2 is 1.50 bits per heavy atom. The Kier molecular flexibility index (Phi) is 17.3. The summed E-state index contributed by atoms with van der Waals surface area (Å²) in [6.45, 7) is 7.38. The summed E-state index contributed by atoms with van der Waals surface area (Å²) in [5.74, 6) is -0.387. The maximum Gasteiger partial charge on any atom is 0.242 e. The Balaban J connectivity index is 4.39. The molecule has 0 bridgehead atoms. The molecule has 162 valence electrons. The maximum absolute atomic E-state index is 12.4. The average molecular weight is 396 g/mol. The van der Waals surface area contributed by atoms with Crippen molar-refractivity contribution in [3.05, 3.63) is 12.2 Å². The van der Waals surface area contributed by atoms with Crippen molar-refractivity contribution < 1.29 is 14.4 Å². The van der Waals surface area contributed by atoms with Crippen molar-refractivity contribution in [1.82, 2.24) is 16.0 Å². The van der Waals surface area contributed by atoms with Crippen LogP contribution in [-0.4, -0.2) is 36.9 Å². The van der Waals surface area contributed by atoms with Crippen LogP contribution in [0.2, 0.25) is 0 Å². The molecule has 3 N–H and O–H groups in total. The first kappa shape index (κ1) is 26.1. The summed E-state index contributed by atoms with van der Waals surface area (Å²) >= 11 is 0. The number of allylic oxidation sites excluding steroid dienone is 2. The van der Waals surface area contributed by atoms with Crippen LogP contribution in [-0.2, 0) is 14.4 Å². The summed E-state index contributed by atoms with van der Waals surface area (Å²) in [4.78, 5) is 36.6. The third kappa shape index (κ3) is 15.2. The van der Waals surface area contributed by atoms with Gasteiger partial charge in [0.25, 0.3) is 0 Å². The Morgan fingerprint density at radius 1 is 0.821 bits per heavy atom. The summed E-state index contributed by atoms with van der Waals surface area (Å²) in [5.41, 5.74) is 0. The van der Waals surface area contributed by atoms with E-state index in [1.165, 1.54) is 0 Å². The molecule has 28 heavy (non-hydrogen) atoms. The van der Waals surface area contributed by atoms with Crippen LogP contribution in [0.5, 0.6) is 0 Å². The second-order valence-electron chi connectivity index (χ2n) is 7.18. The molecule has 0 saturated heterocycles. The molecule has 0 rings (SSSR count). The minimum atomic E-state index is -0.649. The van der Waals surface area contributed by atoms with E-state index in [-0.39, 0.29) is 24.1 Å². The summed E-state index contributed by atoms with van der Waals surface area (Å²) in [7, 11) is 0. The summed E-state index contributed by atoms with van der Waals surface area (Å²) < 4.78 is 0. The minimum Gasteiger partial charge on any atom is -0.356 e. The first-order valence-corrected chi connectivity index (χ1v) is 11.0. The molecule has 0 heterocycles. The Labute approximate surface area is 171 Å². The summed E-state index contributed by atoms with van der Waals surface area (Å²) in [6.07, 6.45) is 12.9. The fourth-order valence-electron chi connectivity index (χ4n) is 2.71. The lowest BCUT2D eigenvalue weighted by Crippen LogP contribution is -2.47. The quantitative estimate of drug-likeness (QED) is 0.260. The molecule has 6 heteroatoms. The number of unbranched alkanes of at least 4 members (excludes halogenated alkanes) is 5. The van der Waals surface area contributed by atoms with Gasteiger partial charge >= 0.3 is 0 Å². The van der Waals surface area contributed by atoms with Crippen LogP contribution in [0.4, 0.5) is 0 Å². The van der Waals surface area contributed by atoms with Gasteiger partial charge in [0.1, 0.15) is 6.04 Å². The fraction of sp³-hybridized carbons (Fsp3) is 0.773. The van der Waals surface area contributed by atoms with E-state index in [0.29, 0.717) is 25.9 Å². The van der Waals surface area contributed by atoms with Gasteiger partial charge in [0.15, 0.2) is 0 Å². The molecule has 0 aromatic heterocycles. The molecule has 3 amide bonds. The molecule has 0 radical (unpaired) electrons. The second-order valence-corrected chi connectivity index (χ2v) is 7.18. The zero-order valence-electron chi connectivity index (χ0n) is 18.1.